The summed E-state index contributed by atoms with van der Waals surface area (Å²) in [6.45, 7) is 1.32. The minimum atomic E-state index is -0.452. The first kappa shape index (κ1) is 16.1. The average Bonchev–Trinajstić information content (AvgIpc) is 3.23. The van der Waals surface area contributed by atoms with Gasteiger partial charge in [-0.2, -0.15) is 0 Å². The summed E-state index contributed by atoms with van der Waals surface area (Å²) in [5.74, 6) is 0.371. The first-order valence-corrected chi connectivity index (χ1v) is 9.06. The number of hydrogen-bond donors (Lipinski definition) is 2. The molecule has 2 saturated carbocycles. The second-order valence-corrected chi connectivity index (χ2v) is 7.42. The molecule has 1 spiro atoms. The third-order valence-corrected chi connectivity index (χ3v) is 5.93. The van der Waals surface area contributed by atoms with Gasteiger partial charge in [0.05, 0.1) is 25.1 Å². The molecule has 3 fully saturated rings. The van der Waals surface area contributed by atoms with Gasteiger partial charge < -0.3 is 19.7 Å². The molecule has 130 valence electrons. The van der Waals surface area contributed by atoms with Gasteiger partial charge in [0, 0.05) is 18.8 Å². The van der Waals surface area contributed by atoms with E-state index in [2.05, 4.69) is 12.1 Å². The molecule has 1 aromatic rings. The molecule has 1 aliphatic heterocycles. The van der Waals surface area contributed by atoms with Crippen molar-refractivity contribution in [1.82, 2.24) is 0 Å². The third-order valence-electron chi connectivity index (χ3n) is 5.93. The number of allylic oxidation sites excluding steroid dienone is 1. The topological polar surface area (TPSA) is 58.9 Å². The molecule has 4 rings (SSSR count). The quantitative estimate of drug-likeness (QED) is 0.832. The summed E-state index contributed by atoms with van der Waals surface area (Å²) in [7, 11) is 0. The molecule has 4 heteroatoms. The van der Waals surface area contributed by atoms with Gasteiger partial charge in [0.1, 0.15) is 0 Å². The Kier molecular flexibility index (Phi) is 4.37. The van der Waals surface area contributed by atoms with Crippen LogP contribution < -0.4 is 0 Å². The Morgan fingerprint density at radius 1 is 1.17 bits per heavy atom. The Morgan fingerprint density at radius 3 is 2.67 bits per heavy atom. The molecule has 2 aliphatic carbocycles. The van der Waals surface area contributed by atoms with E-state index in [0.717, 1.165) is 32.1 Å². The van der Waals surface area contributed by atoms with Crippen molar-refractivity contribution in [2.24, 2.45) is 17.8 Å². The maximum Gasteiger partial charge on any atom is 0.169 e. The lowest BCUT2D eigenvalue weighted by atomic mass is 9.89. The third kappa shape index (κ3) is 2.99. The standard InChI is InChI=1S/C20H26O4/c21-17(8-4-7-14-5-2-1-3-6-14)19-16-13-20(23-9-10-24-20)12-15(16)11-18(19)22/h1-3,5-6,8,15-16,18-19,21-22H,4,7,9-13H2/b17-8+/t15-,16+,18-,19+/m1/s1. The van der Waals surface area contributed by atoms with Gasteiger partial charge in [-0.3, -0.25) is 0 Å². The molecule has 0 unspecified atom stereocenters. The van der Waals surface area contributed by atoms with E-state index in [1.807, 2.05) is 24.3 Å². The highest BCUT2D eigenvalue weighted by atomic mass is 16.7. The minimum absolute atomic E-state index is 0.169. The second kappa shape index (κ2) is 6.51. The molecule has 1 heterocycles. The lowest BCUT2D eigenvalue weighted by molar-refractivity contribution is -0.157. The molecule has 2 N–H and O–H groups in total. The van der Waals surface area contributed by atoms with E-state index >= 15 is 0 Å². The minimum Gasteiger partial charge on any atom is -0.512 e. The molecule has 3 aliphatic rings. The summed E-state index contributed by atoms with van der Waals surface area (Å²) < 4.78 is 11.7. The van der Waals surface area contributed by atoms with E-state index in [1.165, 1.54) is 5.56 Å². The zero-order valence-electron chi connectivity index (χ0n) is 13.9. The molecule has 1 saturated heterocycles. The Bertz CT molecular complexity index is 591. The van der Waals surface area contributed by atoms with Crippen molar-refractivity contribution in [3.05, 3.63) is 47.7 Å². The number of ether oxygens (including phenoxy) is 2. The van der Waals surface area contributed by atoms with E-state index in [4.69, 9.17) is 9.47 Å². The maximum atomic E-state index is 10.6. The summed E-state index contributed by atoms with van der Waals surface area (Å²) in [5, 5.41) is 21.0. The number of aryl methyl sites for hydroxylation is 1. The van der Waals surface area contributed by atoms with Crippen LogP contribution in [0.2, 0.25) is 0 Å². The zero-order chi connectivity index (χ0) is 16.6. The van der Waals surface area contributed by atoms with Crippen molar-refractivity contribution in [3.8, 4) is 0 Å². The van der Waals surface area contributed by atoms with Crippen LogP contribution in [0.3, 0.4) is 0 Å². The highest BCUT2D eigenvalue weighted by Crippen LogP contribution is 2.55. The predicted octanol–water partition coefficient (Wildman–Crippen LogP) is 3.21. The van der Waals surface area contributed by atoms with E-state index in [1.54, 1.807) is 0 Å². The molecule has 1 aromatic carbocycles. The molecule has 0 radical (unpaired) electrons. The molecule has 0 bridgehead atoms. The van der Waals surface area contributed by atoms with E-state index < -0.39 is 11.9 Å². The fourth-order valence-corrected chi connectivity index (χ4v) is 4.90. The molecular weight excluding hydrogens is 304 g/mol. The summed E-state index contributed by atoms with van der Waals surface area (Å²) in [5.41, 5.74) is 1.26. The van der Waals surface area contributed by atoms with Crippen LogP contribution in [0.25, 0.3) is 0 Å². The molecule has 0 amide bonds. The van der Waals surface area contributed by atoms with Crippen LogP contribution in [0.15, 0.2) is 42.2 Å². The summed E-state index contributed by atoms with van der Waals surface area (Å²) in [4.78, 5) is 0. The van der Waals surface area contributed by atoms with Gasteiger partial charge in [0.15, 0.2) is 5.79 Å². The first-order chi connectivity index (χ1) is 11.7. The number of aliphatic hydroxyl groups is 2. The summed E-state index contributed by atoms with van der Waals surface area (Å²) >= 11 is 0. The van der Waals surface area contributed by atoms with Crippen molar-refractivity contribution >= 4 is 0 Å². The van der Waals surface area contributed by atoms with Crippen LogP contribution >= 0.6 is 0 Å². The highest BCUT2D eigenvalue weighted by molar-refractivity contribution is 5.16. The maximum absolute atomic E-state index is 10.6. The van der Waals surface area contributed by atoms with Gasteiger partial charge in [-0.1, -0.05) is 30.3 Å². The predicted molar refractivity (Wildman–Crippen MR) is 90.4 cm³/mol. The molecular formula is C20H26O4. The van der Waals surface area contributed by atoms with Gasteiger partial charge in [-0.05, 0) is 42.7 Å². The number of rotatable bonds is 4. The van der Waals surface area contributed by atoms with Gasteiger partial charge in [0.2, 0.25) is 0 Å². The summed E-state index contributed by atoms with van der Waals surface area (Å²) in [6.07, 6.45) is 5.50. The van der Waals surface area contributed by atoms with Crippen LogP contribution in [-0.4, -0.2) is 35.3 Å². The largest absolute Gasteiger partial charge is 0.512 e. The smallest absolute Gasteiger partial charge is 0.169 e. The fraction of sp³-hybridized carbons (Fsp3) is 0.600. The Morgan fingerprint density at radius 2 is 1.92 bits per heavy atom. The normalized spacial score (nSPS) is 34.8. The zero-order valence-corrected chi connectivity index (χ0v) is 13.9. The van der Waals surface area contributed by atoms with Crippen LogP contribution in [0.1, 0.15) is 31.2 Å². The van der Waals surface area contributed by atoms with Gasteiger partial charge >= 0.3 is 0 Å². The SMILES string of the molecule is O/C(=C/CCc1ccccc1)[C@@H]1[C@H]2CC3(C[C@H]2C[C@H]1O)OCCO3. The Balaban J connectivity index is 1.41. The van der Waals surface area contributed by atoms with Gasteiger partial charge in [-0.15, -0.1) is 0 Å². The van der Waals surface area contributed by atoms with E-state index in [9.17, 15) is 10.2 Å². The number of aliphatic hydroxyl groups excluding tert-OH is 2. The van der Waals surface area contributed by atoms with Gasteiger partial charge in [-0.25, -0.2) is 0 Å². The van der Waals surface area contributed by atoms with E-state index in [0.29, 0.717) is 24.9 Å². The summed E-state index contributed by atoms with van der Waals surface area (Å²) in [6, 6.07) is 10.3. The fourth-order valence-electron chi connectivity index (χ4n) is 4.90. The average molecular weight is 330 g/mol. The van der Waals surface area contributed by atoms with Gasteiger partial charge in [0.25, 0.3) is 0 Å². The highest BCUT2D eigenvalue weighted by Gasteiger charge is 2.57. The van der Waals surface area contributed by atoms with Crippen LogP contribution in [0.4, 0.5) is 0 Å². The lowest BCUT2D eigenvalue weighted by Gasteiger charge is -2.26. The monoisotopic (exact) mass is 330 g/mol. The van der Waals surface area contributed by atoms with Crippen molar-refractivity contribution in [2.45, 2.75) is 44.0 Å². The number of fused-ring (bicyclic) bond motifs is 1. The first-order valence-electron chi connectivity index (χ1n) is 9.06. The number of hydrogen-bond acceptors (Lipinski definition) is 4. The van der Waals surface area contributed by atoms with Crippen molar-refractivity contribution in [3.63, 3.8) is 0 Å². The van der Waals surface area contributed by atoms with Crippen molar-refractivity contribution < 1.29 is 19.7 Å². The van der Waals surface area contributed by atoms with E-state index in [-0.39, 0.29) is 11.8 Å². The molecule has 0 aromatic heterocycles. The second-order valence-electron chi connectivity index (χ2n) is 7.42. The number of benzene rings is 1. The van der Waals surface area contributed by atoms with Crippen LogP contribution in [0.5, 0.6) is 0 Å². The lowest BCUT2D eigenvalue weighted by Crippen LogP contribution is -2.30. The molecule has 4 nitrogen and oxygen atoms in total. The van der Waals surface area contributed by atoms with Crippen molar-refractivity contribution in [1.29, 1.82) is 0 Å². The van der Waals surface area contributed by atoms with Crippen LogP contribution in [0, 0.1) is 17.8 Å². The molecule has 4 atom stereocenters. The van der Waals surface area contributed by atoms with Crippen molar-refractivity contribution in [2.75, 3.05) is 13.2 Å². The Hall–Kier alpha value is -1.36. The Labute approximate surface area is 143 Å². The van der Waals surface area contributed by atoms with Crippen LogP contribution in [-0.2, 0) is 15.9 Å². The molecule has 24 heavy (non-hydrogen) atoms.